The molecule has 5 heteroatoms. The fraction of sp³-hybridized carbons (Fsp3) is 0.156. The monoisotopic (exact) mass is 585 g/mol. The SMILES string of the molecule is C1=Cc2sccc2CC=N1.Clc1c(Br)cccc1Oc1cccc2ccc3c(c12)CCC1=C3C=CCC1. The highest BCUT2D eigenvalue weighted by atomic mass is 79.9. The van der Waals surface area contributed by atoms with Gasteiger partial charge in [0.2, 0.25) is 0 Å². The van der Waals surface area contributed by atoms with Gasteiger partial charge in [0.15, 0.2) is 0 Å². The zero-order valence-corrected chi connectivity index (χ0v) is 23.4. The number of hydrogen-bond acceptors (Lipinski definition) is 3. The highest BCUT2D eigenvalue weighted by molar-refractivity contribution is 9.10. The van der Waals surface area contributed by atoms with Gasteiger partial charge < -0.3 is 4.74 Å². The number of aliphatic imine (C=N–C) groups is 1. The van der Waals surface area contributed by atoms with Crippen molar-refractivity contribution in [1.29, 1.82) is 0 Å². The Hall–Kier alpha value is -2.92. The van der Waals surface area contributed by atoms with E-state index in [2.05, 4.69) is 68.8 Å². The van der Waals surface area contributed by atoms with Crippen LogP contribution in [0.5, 0.6) is 11.5 Å². The lowest BCUT2D eigenvalue weighted by Gasteiger charge is -2.26. The molecule has 0 radical (unpaired) electrons. The van der Waals surface area contributed by atoms with Crippen molar-refractivity contribution in [3.63, 3.8) is 0 Å². The van der Waals surface area contributed by atoms with Gasteiger partial charge in [0.25, 0.3) is 0 Å². The van der Waals surface area contributed by atoms with E-state index in [0.717, 1.165) is 35.9 Å². The fourth-order valence-corrected chi connectivity index (χ4v) is 6.54. The van der Waals surface area contributed by atoms with E-state index in [4.69, 9.17) is 16.3 Å². The predicted octanol–water partition coefficient (Wildman–Crippen LogP) is 10.4. The van der Waals surface area contributed by atoms with Crippen LogP contribution >= 0.6 is 38.9 Å². The van der Waals surface area contributed by atoms with E-state index in [1.54, 1.807) is 16.9 Å². The van der Waals surface area contributed by atoms with E-state index in [9.17, 15) is 0 Å². The Kier molecular flexibility index (Phi) is 7.14. The molecule has 3 aliphatic rings. The molecule has 0 spiro atoms. The van der Waals surface area contributed by atoms with Crippen LogP contribution in [0.25, 0.3) is 22.4 Å². The van der Waals surface area contributed by atoms with Crippen molar-refractivity contribution < 1.29 is 4.74 Å². The molecule has 1 aliphatic heterocycles. The molecule has 7 rings (SSSR count). The minimum absolute atomic E-state index is 0.597. The molecule has 0 saturated carbocycles. The number of ether oxygens (including phenoxy) is 1. The van der Waals surface area contributed by atoms with E-state index >= 15 is 0 Å². The number of rotatable bonds is 2. The summed E-state index contributed by atoms with van der Waals surface area (Å²) in [4.78, 5) is 5.40. The van der Waals surface area contributed by atoms with E-state index in [0.29, 0.717) is 10.8 Å². The molecule has 0 bridgehead atoms. The second-order valence-corrected chi connectivity index (χ2v) is 11.4. The van der Waals surface area contributed by atoms with Crippen LogP contribution in [-0.2, 0) is 12.8 Å². The summed E-state index contributed by atoms with van der Waals surface area (Å²) in [5.74, 6) is 1.54. The Labute approximate surface area is 234 Å². The lowest BCUT2D eigenvalue weighted by atomic mass is 9.79. The van der Waals surface area contributed by atoms with Crippen molar-refractivity contribution >= 4 is 67.5 Å². The normalized spacial score (nSPS) is 15.4. The van der Waals surface area contributed by atoms with Gasteiger partial charge in [0.1, 0.15) is 11.5 Å². The van der Waals surface area contributed by atoms with Gasteiger partial charge >= 0.3 is 0 Å². The molecular formula is C32H25BrClNOS. The molecule has 2 aliphatic carbocycles. The molecule has 184 valence electrons. The number of allylic oxidation sites excluding steroid dienone is 4. The summed E-state index contributed by atoms with van der Waals surface area (Å²) in [5, 5.41) is 5.13. The van der Waals surface area contributed by atoms with E-state index < -0.39 is 0 Å². The van der Waals surface area contributed by atoms with Crippen molar-refractivity contribution in [2.45, 2.75) is 32.1 Å². The molecule has 0 atom stereocenters. The van der Waals surface area contributed by atoms with Crippen LogP contribution in [0.3, 0.4) is 0 Å². The maximum atomic E-state index is 6.44. The van der Waals surface area contributed by atoms with Crippen LogP contribution in [0.2, 0.25) is 5.02 Å². The fourth-order valence-electron chi connectivity index (χ4n) is 5.21. The molecule has 0 N–H and O–H groups in total. The number of aryl methyl sites for hydroxylation is 1. The van der Waals surface area contributed by atoms with Gasteiger partial charge in [-0.15, -0.1) is 11.3 Å². The smallest absolute Gasteiger partial charge is 0.147 e. The second kappa shape index (κ2) is 10.8. The van der Waals surface area contributed by atoms with Crippen LogP contribution in [0.15, 0.2) is 93.4 Å². The standard InChI is InChI=1S/C24H18BrClO.C8H7NS/c25-20-8-4-10-22(24(20)26)27-21-9-3-6-16-12-13-18-17-7-2-1-5-15(17)11-14-19(18)23(16)21;1-4-9-5-2-8-7(1)3-6-10-8/h2-4,6-10,12-13H,1,5,11,14H2;2-6H,1H2. The third kappa shape index (κ3) is 4.98. The molecule has 37 heavy (non-hydrogen) atoms. The predicted molar refractivity (Wildman–Crippen MR) is 162 cm³/mol. The van der Waals surface area contributed by atoms with Crippen LogP contribution in [-0.4, -0.2) is 6.21 Å². The summed E-state index contributed by atoms with van der Waals surface area (Å²) in [6.07, 6.45) is 16.0. The van der Waals surface area contributed by atoms with Gasteiger partial charge in [-0.1, -0.05) is 59.7 Å². The first-order valence-corrected chi connectivity index (χ1v) is 14.5. The lowest BCUT2D eigenvalue weighted by molar-refractivity contribution is 0.488. The first-order chi connectivity index (χ1) is 18.2. The number of thiophene rings is 1. The third-order valence-corrected chi connectivity index (χ3v) is 9.21. The summed E-state index contributed by atoms with van der Waals surface area (Å²) >= 11 is 11.7. The minimum Gasteiger partial charge on any atom is -0.455 e. The Balaban J connectivity index is 0.000000210. The zero-order chi connectivity index (χ0) is 25.2. The van der Waals surface area contributed by atoms with Gasteiger partial charge in [0.05, 0.1) is 5.02 Å². The average Bonchev–Trinajstić information content (AvgIpc) is 3.26. The number of halogens is 2. The second-order valence-electron chi connectivity index (χ2n) is 9.22. The number of benzene rings is 3. The van der Waals surface area contributed by atoms with Gasteiger partial charge in [0, 0.05) is 33.6 Å². The van der Waals surface area contributed by atoms with Gasteiger partial charge in [-0.05, 0) is 105 Å². The van der Waals surface area contributed by atoms with Gasteiger partial charge in [-0.3, -0.25) is 4.99 Å². The molecule has 2 nitrogen and oxygen atoms in total. The zero-order valence-electron chi connectivity index (χ0n) is 20.2. The number of nitrogens with zero attached hydrogens (tertiary/aromatic N) is 1. The van der Waals surface area contributed by atoms with E-state index in [-0.39, 0.29) is 0 Å². The van der Waals surface area contributed by atoms with E-state index in [1.165, 1.54) is 44.3 Å². The summed E-state index contributed by atoms with van der Waals surface area (Å²) in [6.45, 7) is 0. The van der Waals surface area contributed by atoms with Crippen LogP contribution in [0, 0.1) is 0 Å². The molecule has 0 fully saturated rings. The highest BCUT2D eigenvalue weighted by Crippen LogP contribution is 2.44. The maximum absolute atomic E-state index is 6.44. The molecule has 3 aromatic carbocycles. The first-order valence-electron chi connectivity index (χ1n) is 12.5. The van der Waals surface area contributed by atoms with E-state index in [1.807, 2.05) is 42.7 Å². The average molecular weight is 587 g/mol. The van der Waals surface area contributed by atoms with Crippen molar-refractivity contribution in [3.05, 3.63) is 115 Å². The maximum Gasteiger partial charge on any atom is 0.147 e. The lowest BCUT2D eigenvalue weighted by Crippen LogP contribution is -2.07. The van der Waals surface area contributed by atoms with Crippen molar-refractivity contribution in [2.24, 2.45) is 4.99 Å². The molecule has 0 saturated heterocycles. The topological polar surface area (TPSA) is 21.6 Å². The number of hydrogen-bond donors (Lipinski definition) is 0. The minimum atomic E-state index is 0.597. The largest absolute Gasteiger partial charge is 0.455 e. The van der Waals surface area contributed by atoms with Crippen LogP contribution in [0.4, 0.5) is 0 Å². The summed E-state index contributed by atoms with van der Waals surface area (Å²) in [7, 11) is 0. The number of fused-ring (bicyclic) bond motifs is 5. The summed E-state index contributed by atoms with van der Waals surface area (Å²) in [5.41, 5.74) is 7.15. The Morgan fingerprint density at radius 3 is 2.76 bits per heavy atom. The van der Waals surface area contributed by atoms with Gasteiger partial charge in [-0.2, -0.15) is 0 Å². The molecule has 2 heterocycles. The third-order valence-electron chi connectivity index (χ3n) is 7.01. The molecule has 0 unspecified atom stereocenters. The molecule has 4 aromatic rings. The summed E-state index contributed by atoms with van der Waals surface area (Å²) < 4.78 is 7.15. The Morgan fingerprint density at radius 2 is 1.81 bits per heavy atom. The quantitative estimate of drug-likeness (QED) is 0.229. The highest BCUT2D eigenvalue weighted by Gasteiger charge is 2.22. The molecular weight excluding hydrogens is 562 g/mol. The van der Waals surface area contributed by atoms with Crippen molar-refractivity contribution in [2.75, 3.05) is 0 Å². The Bertz CT molecular complexity index is 1610. The van der Waals surface area contributed by atoms with Crippen molar-refractivity contribution in [3.8, 4) is 11.5 Å². The van der Waals surface area contributed by atoms with Crippen molar-refractivity contribution in [1.82, 2.24) is 0 Å². The van der Waals surface area contributed by atoms with Crippen LogP contribution in [0.1, 0.15) is 40.8 Å². The first kappa shape index (κ1) is 24.4. The summed E-state index contributed by atoms with van der Waals surface area (Å²) in [6, 6.07) is 18.7. The van der Waals surface area contributed by atoms with Gasteiger partial charge in [-0.25, -0.2) is 0 Å². The molecule has 1 aromatic heterocycles. The Morgan fingerprint density at radius 1 is 0.919 bits per heavy atom. The van der Waals surface area contributed by atoms with Crippen LogP contribution < -0.4 is 4.74 Å². The molecule has 0 amide bonds.